The Morgan fingerprint density at radius 1 is 1.21 bits per heavy atom. The van der Waals surface area contributed by atoms with Crippen LogP contribution >= 0.6 is 0 Å². The summed E-state index contributed by atoms with van der Waals surface area (Å²) in [6, 6.07) is 10.1. The third-order valence-corrected chi connectivity index (χ3v) is 7.13. The minimum Gasteiger partial charge on any atom is -0.461 e. The minimum absolute atomic E-state index is 0.149. The molecule has 154 valence electrons. The van der Waals surface area contributed by atoms with Gasteiger partial charge in [0, 0.05) is 30.8 Å². The first kappa shape index (κ1) is 19.9. The zero-order chi connectivity index (χ0) is 20.4. The summed E-state index contributed by atoms with van der Waals surface area (Å²) in [4.78, 5) is 12.4. The van der Waals surface area contributed by atoms with Gasteiger partial charge in [0.2, 0.25) is 15.9 Å². The molecule has 2 aromatic rings. The molecule has 2 aliphatic rings. The molecule has 1 saturated heterocycles. The molecule has 2 atom stereocenters. The predicted molar refractivity (Wildman–Crippen MR) is 109 cm³/mol. The van der Waals surface area contributed by atoms with Gasteiger partial charge in [-0.3, -0.25) is 4.79 Å². The van der Waals surface area contributed by atoms with Crippen molar-refractivity contribution in [2.75, 3.05) is 31.6 Å². The summed E-state index contributed by atoms with van der Waals surface area (Å²) in [5.41, 5.74) is 0.418. The Bertz CT molecular complexity index is 1020. The second kappa shape index (κ2) is 8.14. The molecule has 1 aliphatic carbocycles. The molecule has 2 heterocycles. The monoisotopic (exact) mass is 416 g/mol. The van der Waals surface area contributed by atoms with E-state index < -0.39 is 10.0 Å². The van der Waals surface area contributed by atoms with Gasteiger partial charge in [0.1, 0.15) is 11.5 Å². The van der Waals surface area contributed by atoms with Crippen LogP contribution in [0.5, 0.6) is 0 Å². The van der Waals surface area contributed by atoms with Gasteiger partial charge in [-0.05, 0) is 48.7 Å². The van der Waals surface area contributed by atoms with Crippen molar-refractivity contribution in [3.8, 4) is 0 Å². The minimum atomic E-state index is -3.61. The number of benzene rings is 1. The SMILES string of the molecule is CC1CC1c1ccc(/C=C/C(=O)Nc2cccc(S(=O)(=O)N3CCOCC3)c2)o1. The van der Waals surface area contributed by atoms with Gasteiger partial charge in [0.15, 0.2) is 0 Å². The first-order valence-corrected chi connectivity index (χ1v) is 11.1. The lowest BCUT2D eigenvalue weighted by atomic mass is 10.3. The number of amides is 1. The molecule has 4 rings (SSSR count). The van der Waals surface area contributed by atoms with Gasteiger partial charge < -0.3 is 14.5 Å². The highest BCUT2D eigenvalue weighted by atomic mass is 32.2. The van der Waals surface area contributed by atoms with Gasteiger partial charge in [-0.15, -0.1) is 0 Å². The Balaban J connectivity index is 1.40. The van der Waals surface area contributed by atoms with Crippen LogP contribution in [-0.4, -0.2) is 44.9 Å². The third-order valence-electron chi connectivity index (χ3n) is 5.23. The number of hydrogen-bond acceptors (Lipinski definition) is 5. The quantitative estimate of drug-likeness (QED) is 0.731. The molecule has 1 aromatic carbocycles. The highest BCUT2D eigenvalue weighted by molar-refractivity contribution is 7.89. The molecule has 29 heavy (non-hydrogen) atoms. The van der Waals surface area contributed by atoms with Gasteiger partial charge in [0.05, 0.1) is 18.1 Å². The highest BCUT2D eigenvalue weighted by Gasteiger charge is 2.36. The smallest absolute Gasteiger partial charge is 0.248 e. The maximum atomic E-state index is 12.8. The Morgan fingerprint density at radius 3 is 2.69 bits per heavy atom. The fourth-order valence-electron chi connectivity index (χ4n) is 3.39. The van der Waals surface area contributed by atoms with E-state index in [4.69, 9.17) is 9.15 Å². The van der Waals surface area contributed by atoms with Crippen molar-refractivity contribution in [3.63, 3.8) is 0 Å². The standard InChI is InChI=1S/C21H24N2O5S/c1-15-13-19(15)20-7-5-17(28-20)6-8-21(24)22-16-3-2-4-18(14-16)29(25,26)23-9-11-27-12-10-23/h2-8,14-15,19H,9-13H2,1H3,(H,22,24)/b8-6+. The molecule has 2 fully saturated rings. The number of nitrogens with one attached hydrogen (secondary N) is 1. The zero-order valence-electron chi connectivity index (χ0n) is 16.2. The van der Waals surface area contributed by atoms with Gasteiger partial charge >= 0.3 is 0 Å². The summed E-state index contributed by atoms with van der Waals surface area (Å²) in [6.07, 6.45) is 4.13. The fraction of sp³-hybridized carbons (Fsp3) is 0.381. The number of carbonyl (C=O) groups is 1. The first-order chi connectivity index (χ1) is 13.9. The molecule has 2 unspecified atom stereocenters. The molecule has 0 spiro atoms. The Kier molecular flexibility index (Phi) is 5.58. The lowest BCUT2D eigenvalue weighted by molar-refractivity contribution is -0.111. The maximum absolute atomic E-state index is 12.8. The van der Waals surface area contributed by atoms with Crippen LogP contribution in [0.2, 0.25) is 0 Å². The number of anilines is 1. The van der Waals surface area contributed by atoms with Gasteiger partial charge in [-0.25, -0.2) is 8.42 Å². The molecule has 0 radical (unpaired) electrons. The number of furan rings is 1. The van der Waals surface area contributed by atoms with Crippen molar-refractivity contribution in [2.24, 2.45) is 5.92 Å². The van der Waals surface area contributed by atoms with Crippen LogP contribution < -0.4 is 5.32 Å². The van der Waals surface area contributed by atoms with E-state index in [9.17, 15) is 13.2 Å². The lowest BCUT2D eigenvalue weighted by Crippen LogP contribution is -2.40. The van der Waals surface area contributed by atoms with E-state index in [-0.39, 0.29) is 10.8 Å². The normalized spacial score (nSPS) is 22.7. The highest BCUT2D eigenvalue weighted by Crippen LogP contribution is 2.47. The number of sulfonamides is 1. The number of rotatable bonds is 6. The van der Waals surface area contributed by atoms with Crippen LogP contribution in [0.25, 0.3) is 6.08 Å². The number of ether oxygens (including phenoxy) is 1. The molecular weight excluding hydrogens is 392 g/mol. The van der Waals surface area contributed by atoms with Crippen molar-refractivity contribution in [1.29, 1.82) is 0 Å². The molecule has 7 nitrogen and oxygen atoms in total. The number of hydrogen-bond donors (Lipinski definition) is 1. The van der Waals surface area contributed by atoms with E-state index in [0.29, 0.717) is 49.6 Å². The Hall–Kier alpha value is -2.42. The largest absolute Gasteiger partial charge is 0.461 e. The summed E-state index contributed by atoms with van der Waals surface area (Å²) < 4.78 is 37.9. The average Bonchev–Trinajstić information content (AvgIpc) is 3.26. The summed E-state index contributed by atoms with van der Waals surface area (Å²) in [6.45, 7) is 3.60. The second-order valence-electron chi connectivity index (χ2n) is 7.43. The van der Waals surface area contributed by atoms with Crippen molar-refractivity contribution in [1.82, 2.24) is 4.31 Å². The zero-order valence-corrected chi connectivity index (χ0v) is 17.0. The second-order valence-corrected chi connectivity index (χ2v) is 9.36. The van der Waals surface area contributed by atoms with Crippen LogP contribution in [-0.2, 0) is 19.6 Å². The van der Waals surface area contributed by atoms with E-state index in [0.717, 1.165) is 12.2 Å². The van der Waals surface area contributed by atoms with Crippen molar-refractivity contribution < 1.29 is 22.4 Å². The fourth-order valence-corrected chi connectivity index (χ4v) is 4.84. The predicted octanol–water partition coefficient (Wildman–Crippen LogP) is 3.08. The van der Waals surface area contributed by atoms with Gasteiger partial charge in [-0.2, -0.15) is 4.31 Å². The van der Waals surface area contributed by atoms with E-state index in [1.165, 1.54) is 22.5 Å². The van der Waals surface area contributed by atoms with Crippen LogP contribution in [0.1, 0.15) is 30.8 Å². The summed E-state index contributed by atoms with van der Waals surface area (Å²) in [5, 5.41) is 2.70. The molecule has 1 N–H and O–H groups in total. The Labute approximate surface area is 170 Å². The van der Waals surface area contributed by atoms with Crippen molar-refractivity contribution >= 4 is 27.7 Å². The summed E-state index contributed by atoms with van der Waals surface area (Å²) in [7, 11) is -3.61. The molecule has 0 bridgehead atoms. The maximum Gasteiger partial charge on any atom is 0.248 e. The topological polar surface area (TPSA) is 88.9 Å². The number of morpholine rings is 1. The van der Waals surface area contributed by atoms with E-state index >= 15 is 0 Å². The number of carbonyl (C=O) groups excluding carboxylic acids is 1. The first-order valence-electron chi connectivity index (χ1n) is 9.70. The van der Waals surface area contributed by atoms with Crippen LogP contribution in [0.4, 0.5) is 5.69 Å². The molecule has 8 heteroatoms. The Morgan fingerprint density at radius 2 is 1.97 bits per heavy atom. The molecular formula is C21H24N2O5S. The van der Waals surface area contributed by atoms with E-state index in [1.54, 1.807) is 18.2 Å². The molecule has 1 aliphatic heterocycles. The third kappa shape index (κ3) is 4.60. The molecule has 1 aromatic heterocycles. The van der Waals surface area contributed by atoms with Crippen LogP contribution in [0, 0.1) is 5.92 Å². The molecule has 1 saturated carbocycles. The molecule has 1 amide bonds. The average molecular weight is 416 g/mol. The van der Waals surface area contributed by atoms with Crippen LogP contribution in [0.3, 0.4) is 0 Å². The van der Waals surface area contributed by atoms with E-state index in [1.807, 2.05) is 12.1 Å². The summed E-state index contributed by atoms with van der Waals surface area (Å²) >= 11 is 0. The number of nitrogens with zero attached hydrogens (tertiary/aromatic N) is 1. The van der Waals surface area contributed by atoms with E-state index in [2.05, 4.69) is 12.2 Å². The van der Waals surface area contributed by atoms with Gasteiger partial charge in [0.25, 0.3) is 0 Å². The van der Waals surface area contributed by atoms with Gasteiger partial charge in [-0.1, -0.05) is 13.0 Å². The van der Waals surface area contributed by atoms with Crippen LogP contribution in [0.15, 0.2) is 51.8 Å². The lowest BCUT2D eigenvalue weighted by Gasteiger charge is -2.26. The van der Waals surface area contributed by atoms with Crippen molar-refractivity contribution in [3.05, 3.63) is 54.0 Å². The summed E-state index contributed by atoms with van der Waals surface area (Å²) in [5.74, 6) is 2.37. The van der Waals surface area contributed by atoms with Crippen molar-refractivity contribution in [2.45, 2.75) is 24.2 Å².